The number of rotatable bonds is 2. The van der Waals surface area contributed by atoms with Crippen molar-refractivity contribution in [3.63, 3.8) is 0 Å². The Kier molecular flexibility index (Phi) is 1.21. The van der Waals surface area contributed by atoms with Gasteiger partial charge in [-0.1, -0.05) is 0 Å². The number of oxazole rings is 1. The number of hydrogen-bond donors (Lipinski definition) is 1. The van der Waals surface area contributed by atoms with Gasteiger partial charge in [0.2, 0.25) is 5.76 Å². The fourth-order valence-electron chi connectivity index (χ4n) is 1.06. The van der Waals surface area contributed by atoms with Crippen LogP contribution in [0.5, 0.6) is 0 Å². The first-order chi connectivity index (χ1) is 5.29. The van der Waals surface area contributed by atoms with Crippen LogP contribution in [0.1, 0.15) is 35.0 Å². The molecule has 11 heavy (non-hydrogen) atoms. The molecule has 1 heterocycles. The number of aromatic nitrogens is 1. The van der Waals surface area contributed by atoms with Gasteiger partial charge in [0.05, 0.1) is 5.69 Å². The molecule has 0 atom stereocenters. The topological polar surface area (TPSA) is 63.3 Å². The maximum Gasteiger partial charge on any atom is 0.373 e. The van der Waals surface area contributed by atoms with Gasteiger partial charge in [-0.2, -0.15) is 0 Å². The highest BCUT2D eigenvalue weighted by atomic mass is 16.4. The van der Waals surface area contributed by atoms with Gasteiger partial charge in [0.1, 0.15) is 0 Å². The predicted octanol–water partition coefficient (Wildman–Crippen LogP) is 1.25. The first-order valence-corrected chi connectivity index (χ1v) is 3.45. The standard InChI is InChI=1S/C7H7NO3/c9-7(10)6-5(4-1-2-4)8-3-11-6/h3-4H,1-2H2,(H,9,10). The molecule has 1 N–H and O–H groups in total. The zero-order valence-electron chi connectivity index (χ0n) is 5.78. The normalized spacial score (nSPS) is 16.7. The number of carboxylic acid groups (broad SMARTS) is 1. The molecular weight excluding hydrogens is 146 g/mol. The fraction of sp³-hybridized carbons (Fsp3) is 0.429. The SMILES string of the molecule is O=C(O)c1ocnc1C1CC1. The van der Waals surface area contributed by atoms with Crippen LogP contribution in [0.3, 0.4) is 0 Å². The molecule has 0 spiro atoms. The van der Waals surface area contributed by atoms with Gasteiger partial charge < -0.3 is 9.52 Å². The van der Waals surface area contributed by atoms with Crippen molar-refractivity contribution in [1.29, 1.82) is 0 Å². The second-order valence-corrected chi connectivity index (χ2v) is 2.65. The average molecular weight is 153 g/mol. The van der Waals surface area contributed by atoms with Crippen LogP contribution in [0.2, 0.25) is 0 Å². The van der Waals surface area contributed by atoms with Crippen molar-refractivity contribution >= 4 is 5.97 Å². The van der Waals surface area contributed by atoms with Gasteiger partial charge in [-0.25, -0.2) is 9.78 Å². The Morgan fingerprint density at radius 3 is 3.00 bits per heavy atom. The lowest BCUT2D eigenvalue weighted by Crippen LogP contribution is -1.98. The molecule has 0 saturated heterocycles. The van der Waals surface area contributed by atoms with E-state index in [2.05, 4.69) is 4.98 Å². The van der Waals surface area contributed by atoms with Crippen LogP contribution >= 0.6 is 0 Å². The molecule has 1 saturated carbocycles. The number of nitrogens with zero attached hydrogens (tertiary/aromatic N) is 1. The van der Waals surface area contributed by atoms with Gasteiger partial charge in [-0.05, 0) is 12.8 Å². The summed E-state index contributed by atoms with van der Waals surface area (Å²) in [6, 6.07) is 0. The van der Waals surface area contributed by atoms with Crippen molar-refractivity contribution < 1.29 is 14.3 Å². The summed E-state index contributed by atoms with van der Waals surface area (Å²) in [6.07, 6.45) is 3.26. The Labute approximate surface area is 62.9 Å². The summed E-state index contributed by atoms with van der Waals surface area (Å²) in [5, 5.41) is 8.60. The monoisotopic (exact) mass is 153 g/mol. The van der Waals surface area contributed by atoms with E-state index in [1.54, 1.807) is 0 Å². The zero-order chi connectivity index (χ0) is 7.84. The summed E-state index contributed by atoms with van der Waals surface area (Å²) in [5.41, 5.74) is 0.609. The van der Waals surface area contributed by atoms with E-state index in [0.717, 1.165) is 12.8 Å². The second-order valence-electron chi connectivity index (χ2n) is 2.65. The molecule has 2 rings (SSSR count). The van der Waals surface area contributed by atoms with Crippen molar-refractivity contribution in [3.05, 3.63) is 17.8 Å². The summed E-state index contributed by atoms with van der Waals surface area (Å²) in [7, 11) is 0. The smallest absolute Gasteiger partial charge is 0.373 e. The molecule has 4 heteroatoms. The number of aromatic carboxylic acids is 1. The molecule has 1 aromatic heterocycles. The van der Waals surface area contributed by atoms with Gasteiger partial charge >= 0.3 is 5.97 Å². The van der Waals surface area contributed by atoms with Gasteiger partial charge in [-0.3, -0.25) is 0 Å². The lowest BCUT2D eigenvalue weighted by atomic mass is 10.2. The summed E-state index contributed by atoms with van der Waals surface area (Å²) >= 11 is 0. The Hall–Kier alpha value is -1.32. The van der Waals surface area contributed by atoms with Crippen LogP contribution < -0.4 is 0 Å². The zero-order valence-corrected chi connectivity index (χ0v) is 5.78. The van der Waals surface area contributed by atoms with E-state index < -0.39 is 5.97 Å². The first-order valence-electron chi connectivity index (χ1n) is 3.45. The third-order valence-corrected chi connectivity index (χ3v) is 1.75. The van der Waals surface area contributed by atoms with Crippen molar-refractivity contribution in [3.8, 4) is 0 Å². The highest BCUT2D eigenvalue weighted by Crippen LogP contribution is 2.40. The van der Waals surface area contributed by atoms with Crippen molar-refractivity contribution in [2.45, 2.75) is 18.8 Å². The molecule has 4 nitrogen and oxygen atoms in total. The van der Waals surface area contributed by atoms with E-state index in [0.29, 0.717) is 11.6 Å². The molecule has 0 unspecified atom stereocenters. The molecule has 58 valence electrons. The van der Waals surface area contributed by atoms with Crippen molar-refractivity contribution in [2.75, 3.05) is 0 Å². The van der Waals surface area contributed by atoms with Gasteiger partial charge in [0.25, 0.3) is 0 Å². The Bertz CT molecular complexity index is 288. The Balaban J connectivity index is 2.37. The maximum absolute atomic E-state index is 10.5. The van der Waals surface area contributed by atoms with Crippen LogP contribution in [0, 0.1) is 0 Å². The summed E-state index contributed by atoms with van der Waals surface area (Å²) < 4.78 is 4.72. The van der Waals surface area contributed by atoms with Gasteiger partial charge in [0, 0.05) is 5.92 Å². The molecule has 1 aliphatic rings. The highest BCUT2D eigenvalue weighted by molar-refractivity contribution is 5.85. The quantitative estimate of drug-likeness (QED) is 0.694. The third kappa shape index (κ3) is 1.00. The lowest BCUT2D eigenvalue weighted by Gasteiger charge is -1.89. The van der Waals surface area contributed by atoms with E-state index in [9.17, 15) is 4.79 Å². The third-order valence-electron chi connectivity index (χ3n) is 1.75. The highest BCUT2D eigenvalue weighted by Gasteiger charge is 2.31. The van der Waals surface area contributed by atoms with Crippen LogP contribution in [-0.4, -0.2) is 16.1 Å². The van der Waals surface area contributed by atoms with E-state index in [1.807, 2.05) is 0 Å². The predicted molar refractivity (Wildman–Crippen MR) is 35.4 cm³/mol. The summed E-state index contributed by atoms with van der Waals surface area (Å²) in [5.74, 6) is -0.684. The molecule has 0 aromatic carbocycles. The number of carbonyl (C=O) groups is 1. The maximum atomic E-state index is 10.5. The molecule has 1 aliphatic carbocycles. The van der Waals surface area contributed by atoms with Crippen molar-refractivity contribution in [1.82, 2.24) is 4.98 Å². The van der Waals surface area contributed by atoms with E-state index in [-0.39, 0.29) is 5.76 Å². The molecule has 0 aliphatic heterocycles. The van der Waals surface area contributed by atoms with Crippen LogP contribution in [0.25, 0.3) is 0 Å². The van der Waals surface area contributed by atoms with Crippen LogP contribution in [-0.2, 0) is 0 Å². The molecule has 0 amide bonds. The van der Waals surface area contributed by atoms with Crippen molar-refractivity contribution in [2.24, 2.45) is 0 Å². The van der Waals surface area contributed by atoms with Gasteiger partial charge in [-0.15, -0.1) is 0 Å². The molecule has 1 fully saturated rings. The minimum atomic E-state index is -1.02. The Morgan fingerprint density at radius 2 is 2.45 bits per heavy atom. The van der Waals surface area contributed by atoms with E-state index in [4.69, 9.17) is 9.52 Å². The second kappa shape index (κ2) is 2.08. The molecule has 0 bridgehead atoms. The minimum absolute atomic E-state index is 0.00694. The minimum Gasteiger partial charge on any atom is -0.475 e. The number of carboxylic acids is 1. The van der Waals surface area contributed by atoms with Crippen LogP contribution in [0.4, 0.5) is 0 Å². The molecule has 1 aromatic rings. The molecular formula is C7H7NO3. The fourth-order valence-corrected chi connectivity index (χ4v) is 1.06. The Morgan fingerprint density at radius 1 is 1.73 bits per heavy atom. The van der Waals surface area contributed by atoms with Crippen LogP contribution in [0.15, 0.2) is 10.8 Å². The first kappa shape index (κ1) is 6.39. The molecule has 0 radical (unpaired) electrons. The largest absolute Gasteiger partial charge is 0.475 e. The number of hydrogen-bond acceptors (Lipinski definition) is 3. The van der Waals surface area contributed by atoms with E-state index in [1.165, 1.54) is 6.39 Å². The van der Waals surface area contributed by atoms with Gasteiger partial charge in [0.15, 0.2) is 6.39 Å². The van der Waals surface area contributed by atoms with E-state index >= 15 is 0 Å². The average Bonchev–Trinajstić information content (AvgIpc) is 2.68. The summed E-state index contributed by atoms with van der Waals surface area (Å²) in [4.78, 5) is 14.3. The summed E-state index contributed by atoms with van der Waals surface area (Å²) in [6.45, 7) is 0. The lowest BCUT2D eigenvalue weighted by molar-refractivity contribution is 0.0660.